The van der Waals surface area contributed by atoms with Crippen LogP contribution < -0.4 is 14.9 Å². The topological polar surface area (TPSA) is 198 Å². The molecular weight excluding hydrogens is 544 g/mol. The molecule has 13 nitrogen and oxygen atoms in total. The molecule has 0 aliphatic carbocycles. The first-order chi connectivity index (χ1) is 19.5. The highest BCUT2D eigenvalue weighted by molar-refractivity contribution is 5.88. The Bertz CT molecular complexity index is 1420. The molecule has 5 rings (SSSR count). The Kier molecular flexibility index (Phi) is 8.23. The molecule has 13 heteroatoms. The second-order valence-electron chi connectivity index (χ2n) is 10.1. The molecule has 3 heterocycles. The lowest BCUT2D eigenvalue weighted by atomic mass is 10.00. The molecule has 0 amide bonds. The molecule has 222 valence electrons. The fraction of sp³-hybridized carbons (Fsp3) is 0.464. The fourth-order valence-electron chi connectivity index (χ4n) is 4.94. The van der Waals surface area contributed by atoms with Gasteiger partial charge in [-0.2, -0.15) is 0 Å². The van der Waals surface area contributed by atoms with Crippen molar-refractivity contribution >= 4 is 11.0 Å². The van der Waals surface area contributed by atoms with E-state index in [2.05, 4.69) is 0 Å². The second-order valence-corrected chi connectivity index (χ2v) is 10.1. The van der Waals surface area contributed by atoms with Gasteiger partial charge in [0.15, 0.2) is 0 Å². The standard InChI is InChI=1S/C28H32O13/c1-11-20(30)23(33)24(34)27(38-11)41-15-8-17(29)19-18(9-15)37-10-16(22(19)32)13-4-6-14(7-5-13)40-28-25(35)26(36-3)21(31)12(2)39-28/h4-12,20-21,23-31,33-35H,1-3H3. The van der Waals surface area contributed by atoms with Crippen molar-refractivity contribution in [3.8, 4) is 28.4 Å². The lowest BCUT2D eigenvalue weighted by molar-refractivity contribution is -0.272. The molecule has 6 N–H and O–H groups in total. The van der Waals surface area contributed by atoms with E-state index in [1.807, 2.05) is 0 Å². The van der Waals surface area contributed by atoms with E-state index in [1.54, 1.807) is 31.2 Å². The maximum absolute atomic E-state index is 13.3. The normalized spacial score (nSPS) is 34.0. The number of phenolic OH excluding ortho intramolecular Hbond substituents is 1. The minimum Gasteiger partial charge on any atom is -0.507 e. The third-order valence-electron chi connectivity index (χ3n) is 7.36. The Morgan fingerprint density at radius 1 is 0.756 bits per heavy atom. The number of methoxy groups -OCH3 is 1. The number of hydrogen-bond donors (Lipinski definition) is 6. The Morgan fingerprint density at radius 3 is 2.02 bits per heavy atom. The quantitative estimate of drug-likeness (QED) is 0.233. The van der Waals surface area contributed by atoms with Crippen LogP contribution in [-0.2, 0) is 14.2 Å². The van der Waals surface area contributed by atoms with Crippen LogP contribution in [0.2, 0.25) is 0 Å². The molecule has 10 unspecified atom stereocenters. The number of aromatic hydroxyl groups is 1. The molecule has 1 aromatic heterocycles. The van der Waals surface area contributed by atoms with Crippen LogP contribution in [0.4, 0.5) is 0 Å². The summed E-state index contributed by atoms with van der Waals surface area (Å²) in [6.07, 6.45) is -10.2. The van der Waals surface area contributed by atoms with Gasteiger partial charge < -0.3 is 58.7 Å². The summed E-state index contributed by atoms with van der Waals surface area (Å²) < 4.78 is 33.1. The molecule has 0 saturated carbocycles. The Labute approximate surface area is 233 Å². The first-order valence-electron chi connectivity index (χ1n) is 13.0. The van der Waals surface area contributed by atoms with Crippen LogP contribution in [0.15, 0.2) is 51.9 Å². The van der Waals surface area contributed by atoms with Crippen LogP contribution in [0.5, 0.6) is 17.2 Å². The smallest absolute Gasteiger partial charge is 0.229 e. The van der Waals surface area contributed by atoms with Crippen molar-refractivity contribution in [1.82, 2.24) is 0 Å². The van der Waals surface area contributed by atoms with Gasteiger partial charge in [-0.05, 0) is 31.5 Å². The maximum atomic E-state index is 13.3. The summed E-state index contributed by atoms with van der Waals surface area (Å²) in [5.74, 6) is -0.124. The largest absolute Gasteiger partial charge is 0.507 e. The van der Waals surface area contributed by atoms with E-state index in [0.29, 0.717) is 11.3 Å². The van der Waals surface area contributed by atoms with E-state index >= 15 is 0 Å². The summed E-state index contributed by atoms with van der Waals surface area (Å²) >= 11 is 0. The second kappa shape index (κ2) is 11.5. The summed E-state index contributed by atoms with van der Waals surface area (Å²) in [5.41, 5.74) is 0.0775. The maximum Gasteiger partial charge on any atom is 0.229 e. The number of phenols is 1. The summed E-state index contributed by atoms with van der Waals surface area (Å²) in [6, 6.07) is 8.78. The Morgan fingerprint density at radius 2 is 1.37 bits per heavy atom. The average Bonchev–Trinajstić information content (AvgIpc) is 2.94. The molecular formula is C28H32O13. The highest BCUT2D eigenvalue weighted by atomic mass is 16.7. The number of ether oxygens (including phenoxy) is 5. The van der Waals surface area contributed by atoms with Crippen LogP contribution in [0.1, 0.15) is 13.8 Å². The van der Waals surface area contributed by atoms with Gasteiger partial charge in [-0.1, -0.05) is 12.1 Å². The minimum atomic E-state index is -1.57. The summed E-state index contributed by atoms with van der Waals surface area (Å²) in [7, 11) is 1.37. The van der Waals surface area contributed by atoms with Crippen molar-refractivity contribution in [2.24, 2.45) is 0 Å². The summed E-state index contributed by atoms with van der Waals surface area (Å²) in [6.45, 7) is 3.14. The molecule has 0 spiro atoms. The zero-order valence-corrected chi connectivity index (χ0v) is 22.4. The van der Waals surface area contributed by atoms with E-state index in [4.69, 9.17) is 28.1 Å². The molecule has 2 saturated heterocycles. The first-order valence-corrected chi connectivity index (χ1v) is 13.0. The van der Waals surface area contributed by atoms with Crippen molar-refractivity contribution in [2.45, 2.75) is 75.3 Å². The van der Waals surface area contributed by atoms with E-state index in [0.717, 1.165) is 6.07 Å². The molecule has 10 atom stereocenters. The van der Waals surface area contributed by atoms with E-state index in [9.17, 15) is 35.4 Å². The molecule has 2 fully saturated rings. The van der Waals surface area contributed by atoms with Crippen LogP contribution >= 0.6 is 0 Å². The zero-order valence-electron chi connectivity index (χ0n) is 22.4. The van der Waals surface area contributed by atoms with Crippen molar-refractivity contribution in [3.05, 3.63) is 52.9 Å². The third-order valence-corrected chi connectivity index (χ3v) is 7.36. The molecule has 2 aromatic carbocycles. The molecule has 0 bridgehead atoms. The Hall–Kier alpha value is -3.27. The summed E-state index contributed by atoms with van der Waals surface area (Å²) in [4.78, 5) is 13.3. The van der Waals surface area contributed by atoms with Gasteiger partial charge in [0, 0.05) is 19.2 Å². The van der Waals surface area contributed by atoms with Gasteiger partial charge in [0.2, 0.25) is 18.0 Å². The van der Waals surface area contributed by atoms with Crippen LogP contribution in [0.25, 0.3) is 22.1 Å². The number of benzene rings is 2. The van der Waals surface area contributed by atoms with Gasteiger partial charge in [0.25, 0.3) is 0 Å². The van der Waals surface area contributed by atoms with Crippen LogP contribution in [0.3, 0.4) is 0 Å². The monoisotopic (exact) mass is 576 g/mol. The van der Waals surface area contributed by atoms with Crippen molar-refractivity contribution in [1.29, 1.82) is 0 Å². The van der Waals surface area contributed by atoms with Crippen LogP contribution in [-0.4, -0.2) is 99.2 Å². The average molecular weight is 577 g/mol. The predicted molar refractivity (Wildman–Crippen MR) is 140 cm³/mol. The number of aliphatic hydroxyl groups excluding tert-OH is 5. The zero-order chi connectivity index (χ0) is 29.6. The third kappa shape index (κ3) is 5.50. The highest BCUT2D eigenvalue weighted by Gasteiger charge is 2.45. The van der Waals surface area contributed by atoms with Gasteiger partial charge in [0.05, 0.1) is 17.8 Å². The van der Waals surface area contributed by atoms with Crippen molar-refractivity contribution in [3.63, 3.8) is 0 Å². The molecule has 2 aliphatic heterocycles. The van der Waals surface area contributed by atoms with Crippen molar-refractivity contribution < 1.29 is 58.7 Å². The van der Waals surface area contributed by atoms with E-state index in [1.165, 1.54) is 26.4 Å². The number of aliphatic hydroxyl groups is 5. The highest BCUT2D eigenvalue weighted by Crippen LogP contribution is 2.33. The van der Waals surface area contributed by atoms with Gasteiger partial charge in [-0.25, -0.2) is 0 Å². The number of hydrogen-bond acceptors (Lipinski definition) is 13. The molecule has 3 aromatic rings. The lowest BCUT2D eigenvalue weighted by Crippen LogP contribution is -2.58. The van der Waals surface area contributed by atoms with E-state index in [-0.39, 0.29) is 22.3 Å². The van der Waals surface area contributed by atoms with Crippen LogP contribution in [0, 0.1) is 0 Å². The van der Waals surface area contributed by atoms with Gasteiger partial charge in [-0.15, -0.1) is 0 Å². The molecule has 41 heavy (non-hydrogen) atoms. The number of fused-ring (bicyclic) bond motifs is 1. The fourth-order valence-corrected chi connectivity index (χ4v) is 4.94. The predicted octanol–water partition coefficient (Wildman–Crippen LogP) is 0.232. The Balaban J connectivity index is 1.35. The molecule has 0 radical (unpaired) electrons. The molecule has 2 aliphatic rings. The SMILES string of the molecule is COC1C(O)C(C)OC(Oc2ccc(-c3coc4cc(OC5OC(C)C(O)C(O)C5O)cc(O)c4c3=O)cc2)C1O. The summed E-state index contributed by atoms with van der Waals surface area (Å²) in [5, 5.41) is 61.2. The minimum absolute atomic E-state index is 0.0000684. The van der Waals surface area contributed by atoms with E-state index < -0.39 is 72.6 Å². The lowest BCUT2D eigenvalue weighted by Gasteiger charge is -2.40. The van der Waals surface area contributed by atoms with Crippen molar-refractivity contribution in [2.75, 3.05) is 7.11 Å². The van der Waals surface area contributed by atoms with Gasteiger partial charge >= 0.3 is 0 Å². The van der Waals surface area contributed by atoms with Gasteiger partial charge in [-0.3, -0.25) is 4.79 Å². The van der Waals surface area contributed by atoms with Gasteiger partial charge in [0.1, 0.15) is 71.1 Å². The number of rotatable bonds is 6. The first kappa shape index (κ1) is 29.2.